The number of hydrogen-bond acceptors (Lipinski definition) is 2. The summed E-state index contributed by atoms with van der Waals surface area (Å²) in [6.45, 7) is 4.23. The van der Waals surface area contributed by atoms with Crippen LogP contribution in [0.5, 0.6) is 0 Å². The van der Waals surface area contributed by atoms with Gasteiger partial charge in [0.2, 0.25) is 0 Å². The molecule has 29 heavy (non-hydrogen) atoms. The quantitative estimate of drug-likeness (QED) is 0.421. The summed E-state index contributed by atoms with van der Waals surface area (Å²) in [5.74, 6) is 1.19. The van der Waals surface area contributed by atoms with E-state index < -0.39 is 0 Å². The maximum Gasteiger partial charge on any atom is 0.160 e. The molecule has 1 aromatic heterocycles. The predicted octanol–water partition coefficient (Wildman–Crippen LogP) is 6.15. The van der Waals surface area contributed by atoms with E-state index >= 15 is 0 Å². The second kappa shape index (κ2) is 7.17. The number of para-hydroxylation sites is 1. The van der Waals surface area contributed by atoms with Gasteiger partial charge in [0.1, 0.15) is 0 Å². The number of rotatable bonds is 3. The van der Waals surface area contributed by atoms with Gasteiger partial charge in [0, 0.05) is 17.9 Å². The van der Waals surface area contributed by atoms with Crippen LogP contribution in [0.25, 0.3) is 5.69 Å². The molecular weight excluding hydrogens is 354 g/mol. The first-order valence-electron chi connectivity index (χ1n) is 10.0. The van der Waals surface area contributed by atoms with E-state index in [4.69, 9.17) is 10.1 Å². The number of aryl methyl sites for hydroxylation is 2. The number of hydrogen-bond donors (Lipinski definition) is 0. The van der Waals surface area contributed by atoms with Crippen molar-refractivity contribution < 1.29 is 0 Å². The summed E-state index contributed by atoms with van der Waals surface area (Å²) in [7, 11) is 0. The summed E-state index contributed by atoms with van der Waals surface area (Å²) < 4.78 is 1.99. The lowest BCUT2D eigenvalue weighted by Gasteiger charge is -2.24. The Morgan fingerprint density at radius 3 is 2.14 bits per heavy atom. The van der Waals surface area contributed by atoms with Gasteiger partial charge in [-0.25, -0.2) is 9.67 Å². The molecule has 1 aliphatic heterocycles. The molecule has 0 bridgehead atoms. The predicted molar refractivity (Wildman–Crippen MR) is 119 cm³/mol. The van der Waals surface area contributed by atoms with Crippen molar-refractivity contribution in [2.75, 3.05) is 0 Å². The van der Waals surface area contributed by atoms with Crippen molar-refractivity contribution in [3.8, 4) is 5.69 Å². The van der Waals surface area contributed by atoms with Crippen LogP contribution in [0, 0.1) is 13.8 Å². The topological polar surface area (TPSA) is 30.2 Å². The first-order valence-corrected chi connectivity index (χ1v) is 10.0. The largest absolute Gasteiger partial charge is 0.233 e. The molecule has 0 aliphatic carbocycles. The second-order valence-corrected chi connectivity index (χ2v) is 7.66. The number of nitrogens with zero attached hydrogens (tertiary/aromatic N) is 3. The van der Waals surface area contributed by atoms with Crippen LogP contribution < -0.4 is 0 Å². The Morgan fingerprint density at radius 1 is 0.793 bits per heavy atom. The third-order valence-electron chi connectivity index (χ3n) is 5.66. The van der Waals surface area contributed by atoms with Crippen molar-refractivity contribution >= 4 is 11.5 Å². The van der Waals surface area contributed by atoms with Gasteiger partial charge in [0.05, 0.1) is 17.1 Å². The Bertz CT molecular complexity index is 1170. The Morgan fingerprint density at radius 2 is 1.45 bits per heavy atom. The van der Waals surface area contributed by atoms with Crippen LogP contribution in [0.4, 0.5) is 5.82 Å². The fourth-order valence-corrected chi connectivity index (χ4v) is 4.16. The molecule has 0 fully saturated rings. The SMILES string of the molecule is Cc1ccc([C@H]2CC(c3ccccc3)=Nc3c2c(C)nn3-c2ccccc2)cc1. The lowest BCUT2D eigenvalue weighted by Crippen LogP contribution is -2.15. The van der Waals surface area contributed by atoms with Crippen LogP contribution >= 0.6 is 0 Å². The maximum absolute atomic E-state index is 5.12. The van der Waals surface area contributed by atoms with Crippen molar-refractivity contribution in [3.05, 3.63) is 113 Å². The Hall–Kier alpha value is -3.46. The minimum Gasteiger partial charge on any atom is -0.233 e. The fourth-order valence-electron chi connectivity index (χ4n) is 4.16. The summed E-state index contributed by atoms with van der Waals surface area (Å²) in [4.78, 5) is 5.12. The molecule has 0 unspecified atom stereocenters. The van der Waals surface area contributed by atoms with Gasteiger partial charge in [-0.3, -0.25) is 0 Å². The van der Waals surface area contributed by atoms with E-state index in [-0.39, 0.29) is 5.92 Å². The molecule has 1 aliphatic rings. The van der Waals surface area contributed by atoms with Crippen molar-refractivity contribution in [3.63, 3.8) is 0 Å². The second-order valence-electron chi connectivity index (χ2n) is 7.66. The van der Waals surface area contributed by atoms with Gasteiger partial charge in [-0.05, 0) is 37.1 Å². The average Bonchev–Trinajstić information content (AvgIpc) is 3.11. The zero-order valence-electron chi connectivity index (χ0n) is 16.7. The molecular formula is C26H23N3. The highest BCUT2D eigenvalue weighted by molar-refractivity contribution is 6.04. The first kappa shape index (κ1) is 17.6. The van der Waals surface area contributed by atoms with Crippen LogP contribution in [0.15, 0.2) is 89.9 Å². The molecule has 3 nitrogen and oxygen atoms in total. The molecule has 0 amide bonds. The molecule has 4 aromatic rings. The van der Waals surface area contributed by atoms with Gasteiger partial charge in [-0.2, -0.15) is 5.10 Å². The van der Waals surface area contributed by atoms with E-state index in [2.05, 4.69) is 74.5 Å². The molecule has 0 saturated heterocycles. The standard InChI is InChI=1S/C26H23N3/c1-18-13-15-20(16-14-18)23-17-24(21-9-5-3-6-10-21)27-26-25(23)19(2)28-29(26)22-11-7-4-8-12-22/h3-16,23H,17H2,1-2H3/t23-/m1/s1. The lowest BCUT2D eigenvalue weighted by atomic mass is 9.83. The van der Waals surface area contributed by atoms with Crippen molar-refractivity contribution in [2.24, 2.45) is 4.99 Å². The highest BCUT2D eigenvalue weighted by atomic mass is 15.3. The molecule has 2 heterocycles. The van der Waals surface area contributed by atoms with Crippen molar-refractivity contribution in [2.45, 2.75) is 26.2 Å². The molecule has 5 rings (SSSR count). The number of fused-ring (bicyclic) bond motifs is 1. The van der Waals surface area contributed by atoms with Crippen LogP contribution in [0.2, 0.25) is 0 Å². The van der Waals surface area contributed by atoms with E-state index in [1.807, 2.05) is 28.9 Å². The number of aliphatic imine (C=N–C) groups is 1. The molecule has 0 radical (unpaired) electrons. The Kier molecular flexibility index (Phi) is 4.36. The monoisotopic (exact) mass is 377 g/mol. The molecule has 0 spiro atoms. The Balaban J connectivity index is 1.72. The van der Waals surface area contributed by atoms with E-state index in [0.29, 0.717) is 0 Å². The minimum atomic E-state index is 0.246. The Labute approximate surface area is 171 Å². The minimum absolute atomic E-state index is 0.246. The van der Waals surface area contributed by atoms with Crippen LogP contribution in [-0.2, 0) is 0 Å². The zero-order valence-corrected chi connectivity index (χ0v) is 16.7. The molecule has 3 aromatic carbocycles. The molecule has 0 saturated carbocycles. The van der Waals surface area contributed by atoms with Crippen molar-refractivity contribution in [1.82, 2.24) is 9.78 Å². The highest BCUT2D eigenvalue weighted by Gasteiger charge is 2.31. The third kappa shape index (κ3) is 3.19. The average molecular weight is 377 g/mol. The van der Waals surface area contributed by atoms with E-state index in [1.165, 1.54) is 22.3 Å². The highest BCUT2D eigenvalue weighted by Crippen LogP contribution is 2.42. The van der Waals surface area contributed by atoms with Gasteiger partial charge in [0.15, 0.2) is 5.82 Å². The van der Waals surface area contributed by atoms with Gasteiger partial charge in [0.25, 0.3) is 0 Å². The first-order chi connectivity index (χ1) is 14.2. The van der Waals surface area contributed by atoms with Crippen molar-refractivity contribution in [1.29, 1.82) is 0 Å². The molecule has 142 valence electrons. The third-order valence-corrected chi connectivity index (χ3v) is 5.66. The summed E-state index contributed by atoms with van der Waals surface area (Å²) in [5.41, 5.74) is 8.20. The normalized spacial score (nSPS) is 15.7. The lowest BCUT2D eigenvalue weighted by molar-refractivity contribution is 0.826. The fraction of sp³-hybridized carbons (Fsp3) is 0.154. The molecule has 0 N–H and O–H groups in total. The zero-order chi connectivity index (χ0) is 19.8. The van der Waals surface area contributed by atoms with E-state index in [0.717, 1.165) is 29.3 Å². The van der Waals surface area contributed by atoms with Gasteiger partial charge < -0.3 is 0 Å². The smallest absolute Gasteiger partial charge is 0.160 e. The van der Waals surface area contributed by atoms with Crippen LogP contribution in [0.1, 0.15) is 40.3 Å². The number of aromatic nitrogens is 2. The van der Waals surface area contributed by atoms with E-state index in [1.54, 1.807) is 0 Å². The molecule has 3 heteroatoms. The number of benzene rings is 3. The summed E-state index contributed by atoms with van der Waals surface area (Å²) in [6, 6.07) is 29.7. The maximum atomic E-state index is 5.12. The van der Waals surface area contributed by atoms with Crippen LogP contribution in [0.3, 0.4) is 0 Å². The van der Waals surface area contributed by atoms with E-state index in [9.17, 15) is 0 Å². The summed E-state index contributed by atoms with van der Waals surface area (Å²) in [5, 5.41) is 4.89. The summed E-state index contributed by atoms with van der Waals surface area (Å²) in [6.07, 6.45) is 0.876. The van der Waals surface area contributed by atoms with Gasteiger partial charge in [-0.1, -0.05) is 78.4 Å². The summed E-state index contributed by atoms with van der Waals surface area (Å²) >= 11 is 0. The van der Waals surface area contributed by atoms with Crippen LogP contribution in [-0.4, -0.2) is 15.5 Å². The molecule has 1 atom stereocenters. The van der Waals surface area contributed by atoms with Gasteiger partial charge >= 0.3 is 0 Å². The van der Waals surface area contributed by atoms with Gasteiger partial charge in [-0.15, -0.1) is 0 Å².